The lowest BCUT2D eigenvalue weighted by Gasteiger charge is -2.26. The van der Waals surface area contributed by atoms with Crippen molar-refractivity contribution in [1.29, 1.82) is 0 Å². The number of likely N-dealkylation sites (tertiary alicyclic amines) is 1. The fraction of sp³-hybridized carbons (Fsp3) is 1.00. The van der Waals surface area contributed by atoms with Gasteiger partial charge in [0.05, 0.1) is 0 Å². The number of piperidine rings is 1. The second kappa shape index (κ2) is 7.21. The molecule has 1 saturated heterocycles. The van der Waals surface area contributed by atoms with E-state index >= 15 is 0 Å². The van der Waals surface area contributed by atoms with Crippen LogP contribution < -0.4 is 11.5 Å². The van der Waals surface area contributed by atoms with Gasteiger partial charge in [-0.15, -0.1) is 0 Å². The van der Waals surface area contributed by atoms with Gasteiger partial charge in [-0.05, 0) is 58.3 Å². The van der Waals surface area contributed by atoms with Crippen LogP contribution in [0, 0.1) is 0 Å². The molecule has 0 saturated carbocycles. The third kappa shape index (κ3) is 4.94. The van der Waals surface area contributed by atoms with E-state index in [0.717, 1.165) is 19.4 Å². The van der Waals surface area contributed by atoms with Gasteiger partial charge in [0.2, 0.25) is 0 Å². The average molecular weight is 199 g/mol. The Morgan fingerprint density at radius 2 is 1.79 bits per heavy atom. The molecule has 1 heterocycles. The molecule has 0 aliphatic carbocycles. The number of nitrogens with two attached hydrogens (primary N) is 2. The van der Waals surface area contributed by atoms with Crippen LogP contribution in [0.15, 0.2) is 0 Å². The Morgan fingerprint density at radius 1 is 1.07 bits per heavy atom. The molecule has 3 heteroatoms. The number of hydrogen-bond acceptors (Lipinski definition) is 3. The van der Waals surface area contributed by atoms with Gasteiger partial charge in [-0.2, -0.15) is 0 Å². The number of rotatable bonds is 6. The normalized spacial score (nSPS) is 21.0. The first kappa shape index (κ1) is 12.0. The predicted octanol–water partition coefficient (Wildman–Crippen LogP) is 0.929. The van der Waals surface area contributed by atoms with Gasteiger partial charge in [-0.3, -0.25) is 0 Å². The standard InChI is InChI=1S/C11H25N3/c12-7-6-11(13)5-4-10-14-8-2-1-3-9-14/h11H,1-10,12-13H2. The maximum absolute atomic E-state index is 5.90. The molecule has 1 aliphatic heterocycles. The van der Waals surface area contributed by atoms with E-state index in [0.29, 0.717) is 6.04 Å². The van der Waals surface area contributed by atoms with E-state index in [1.165, 1.54) is 45.3 Å². The molecule has 0 aromatic rings. The molecule has 0 aromatic carbocycles. The van der Waals surface area contributed by atoms with Crippen molar-refractivity contribution >= 4 is 0 Å². The summed E-state index contributed by atoms with van der Waals surface area (Å²) in [5, 5.41) is 0. The molecule has 1 fully saturated rings. The van der Waals surface area contributed by atoms with Gasteiger partial charge in [-0.1, -0.05) is 6.42 Å². The van der Waals surface area contributed by atoms with Crippen LogP contribution in [0.4, 0.5) is 0 Å². The minimum Gasteiger partial charge on any atom is -0.330 e. The van der Waals surface area contributed by atoms with Gasteiger partial charge < -0.3 is 16.4 Å². The molecule has 1 rings (SSSR count). The van der Waals surface area contributed by atoms with Crippen molar-refractivity contribution in [2.24, 2.45) is 11.5 Å². The highest BCUT2D eigenvalue weighted by atomic mass is 15.1. The summed E-state index contributed by atoms with van der Waals surface area (Å²) in [5.41, 5.74) is 11.4. The van der Waals surface area contributed by atoms with Crippen molar-refractivity contribution < 1.29 is 0 Å². The molecule has 1 atom stereocenters. The van der Waals surface area contributed by atoms with E-state index in [1.54, 1.807) is 0 Å². The zero-order valence-corrected chi connectivity index (χ0v) is 9.25. The van der Waals surface area contributed by atoms with Crippen LogP contribution in [-0.2, 0) is 0 Å². The van der Waals surface area contributed by atoms with Crippen LogP contribution in [0.2, 0.25) is 0 Å². The smallest absolute Gasteiger partial charge is 0.00513 e. The quantitative estimate of drug-likeness (QED) is 0.669. The van der Waals surface area contributed by atoms with E-state index in [4.69, 9.17) is 11.5 Å². The Hall–Kier alpha value is -0.120. The minimum absolute atomic E-state index is 0.324. The second-order valence-electron chi connectivity index (χ2n) is 4.38. The Labute approximate surface area is 87.8 Å². The molecule has 0 spiro atoms. The fourth-order valence-electron chi connectivity index (χ4n) is 2.12. The Morgan fingerprint density at radius 3 is 2.43 bits per heavy atom. The second-order valence-corrected chi connectivity index (χ2v) is 4.38. The molecule has 0 radical (unpaired) electrons. The first-order valence-electron chi connectivity index (χ1n) is 6.01. The van der Waals surface area contributed by atoms with E-state index in [-0.39, 0.29) is 0 Å². The van der Waals surface area contributed by atoms with Crippen LogP contribution in [0.5, 0.6) is 0 Å². The molecule has 84 valence electrons. The predicted molar refractivity (Wildman–Crippen MR) is 61.2 cm³/mol. The number of nitrogens with zero attached hydrogens (tertiary/aromatic N) is 1. The molecule has 0 aromatic heterocycles. The van der Waals surface area contributed by atoms with Gasteiger partial charge >= 0.3 is 0 Å². The Bertz CT molecular complexity index is 132. The van der Waals surface area contributed by atoms with Gasteiger partial charge in [0, 0.05) is 6.04 Å². The van der Waals surface area contributed by atoms with Crippen LogP contribution in [0.1, 0.15) is 38.5 Å². The first-order chi connectivity index (χ1) is 6.83. The summed E-state index contributed by atoms with van der Waals surface area (Å²) in [7, 11) is 0. The topological polar surface area (TPSA) is 55.3 Å². The molecule has 14 heavy (non-hydrogen) atoms. The van der Waals surface area contributed by atoms with Crippen molar-refractivity contribution in [2.75, 3.05) is 26.2 Å². The van der Waals surface area contributed by atoms with Crippen LogP contribution in [0.3, 0.4) is 0 Å². The lowest BCUT2D eigenvalue weighted by atomic mass is 10.1. The van der Waals surface area contributed by atoms with Gasteiger partial charge in [0.25, 0.3) is 0 Å². The molecular weight excluding hydrogens is 174 g/mol. The SMILES string of the molecule is NCCC(N)CCCN1CCCCC1. The van der Waals surface area contributed by atoms with Crippen LogP contribution in [0.25, 0.3) is 0 Å². The molecule has 0 amide bonds. The largest absolute Gasteiger partial charge is 0.330 e. The van der Waals surface area contributed by atoms with Crippen LogP contribution >= 0.6 is 0 Å². The summed E-state index contributed by atoms with van der Waals surface area (Å²) in [6.07, 6.45) is 7.53. The van der Waals surface area contributed by atoms with Gasteiger partial charge in [0.15, 0.2) is 0 Å². The Kier molecular flexibility index (Phi) is 6.15. The highest BCUT2D eigenvalue weighted by molar-refractivity contribution is 4.67. The van der Waals surface area contributed by atoms with Gasteiger partial charge in [-0.25, -0.2) is 0 Å². The highest BCUT2D eigenvalue weighted by Gasteiger charge is 2.09. The summed E-state index contributed by atoms with van der Waals surface area (Å²) in [6, 6.07) is 0.324. The molecule has 4 N–H and O–H groups in total. The van der Waals surface area contributed by atoms with Gasteiger partial charge in [0.1, 0.15) is 0 Å². The summed E-state index contributed by atoms with van der Waals surface area (Å²) in [5.74, 6) is 0. The molecule has 1 unspecified atom stereocenters. The van der Waals surface area contributed by atoms with E-state index in [9.17, 15) is 0 Å². The lowest BCUT2D eigenvalue weighted by Crippen LogP contribution is -2.32. The zero-order valence-electron chi connectivity index (χ0n) is 9.25. The molecule has 3 nitrogen and oxygen atoms in total. The zero-order chi connectivity index (χ0) is 10.2. The summed E-state index contributed by atoms with van der Waals surface area (Å²) in [4.78, 5) is 2.57. The van der Waals surface area contributed by atoms with E-state index in [2.05, 4.69) is 4.90 Å². The lowest BCUT2D eigenvalue weighted by molar-refractivity contribution is 0.222. The van der Waals surface area contributed by atoms with E-state index in [1.807, 2.05) is 0 Å². The van der Waals surface area contributed by atoms with Crippen molar-refractivity contribution in [3.05, 3.63) is 0 Å². The fourth-order valence-corrected chi connectivity index (χ4v) is 2.12. The maximum Gasteiger partial charge on any atom is 0.00513 e. The van der Waals surface area contributed by atoms with Crippen molar-refractivity contribution in [3.8, 4) is 0 Å². The summed E-state index contributed by atoms with van der Waals surface area (Å²) >= 11 is 0. The number of hydrogen-bond donors (Lipinski definition) is 2. The average Bonchev–Trinajstić information content (AvgIpc) is 2.20. The third-order valence-corrected chi connectivity index (χ3v) is 3.04. The van der Waals surface area contributed by atoms with Crippen molar-refractivity contribution in [1.82, 2.24) is 4.90 Å². The monoisotopic (exact) mass is 199 g/mol. The third-order valence-electron chi connectivity index (χ3n) is 3.04. The van der Waals surface area contributed by atoms with Crippen molar-refractivity contribution in [3.63, 3.8) is 0 Å². The minimum atomic E-state index is 0.324. The first-order valence-corrected chi connectivity index (χ1v) is 6.01. The highest BCUT2D eigenvalue weighted by Crippen LogP contribution is 2.10. The summed E-state index contributed by atoms with van der Waals surface area (Å²) < 4.78 is 0. The summed E-state index contributed by atoms with van der Waals surface area (Å²) in [6.45, 7) is 4.56. The molecular formula is C11H25N3. The van der Waals surface area contributed by atoms with Crippen LogP contribution in [-0.4, -0.2) is 37.1 Å². The molecule has 1 aliphatic rings. The maximum atomic E-state index is 5.90. The van der Waals surface area contributed by atoms with Crippen molar-refractivity contribution in [2.45, 2.75) is 44.6 Å². The van der Waals surface area contributed by atoms with E-state index < -0.39 is 0 Å². The Balaban J connectivity index is 1.96. The molecule has 0 bridgehead atoms.